The molecule has 0 spiro atoms. The van der Waals surface area contributed by atoms with Crippen LogP contribution in [0.25, 0.3) is 0 Å². The molecule has 1 amide bonds. The predicted octanol–water partition coefficient (Wildman–Crippen LogP) is -0.815. The number of thioether (sulfide) groups is 1. The first-order valence-corrected chi connectivity index (χ1v) is 13.2. The molecule has 10 atom stereocenters. The van der Waals surface area contributed by atoms with E-state index in [1.165, 1.54) is 24.6 Å². The fourth-order valence-electron chi connectivity index (χ4n) is 5.29. The molecule has 3 saturated heterocycles. The van der Waals surface area contributed by atoms with E-state index in [-0.39, 0.29) is 23.8 Å². The lowest BCUT2D eigenvalue weighted by Crippen LogP contribution is -2.65. The Labute approximate surface area is 194 Å². The molecular formula is C22H39N3O6S. The van der Waals surface area contributed by atoms with Gasteiger partial charge < -0.3 is 40.7 Å². The fourth-order valence-corrected chi connectivity index (χ4v) is 5.97. The van der Waals surface area contributed by atoms with Gasteiger partial charge in [-0.05, 0) is 37.9 Å². The number of carbonyl (C=O) groups is 1. The van der Waals surface area contributed by atoms with Crippen LogP contribution in [0.15, 0.2) is 0 Å². The van der Waals surface area contributed by atoms with E-state index in [0.717, 1.165) is 19.4 Å². The molecule has 9 nitrogen and oxygen atoms in total. The highest BCUT2D eigenvalue weighted by atomic mass is 32.2. The maximum absolute atomic E-state index is 13.3. The van der Waals surface area contributed by atoms with Crippen LogP contribution in [-0.4, -0.2) is 101 Å². The van der Waals surface area contributed by atoms with Gasteiger partial charge in [0.15, 0.2) is 0 Å². The molecule has 32 heavy (non-hydrogen) atoms. The van der Waals surface area contributed by atoms with Crippen LogP contribution in [0.3, 0.4) is 0 Å². The standard InChI is InChI=1S/C22H39N3O6S/c1-10(2)14(20-17(27)16(26)18(28)22(31-20)32-3)25-21(29)15-19-11(9-23-15)8-13(6-7-30-19)24-12-4-5-12/h10-20,22-24,26-28H,4-9H2,1-3H3,(H,25,29)/t11-,13?,14+,15-,16?,17?,18+,19+,20+,22?/m0/s1. The minimum Gasteiger partial charge on any atom is -0.388 e. The van der Waals surface area contributed by atoms with Crippen LogP contribution in [0.5, 0.6) is 0 Å². The average Bonchev–Trinajstić information content (AvgIpc) is 3.53. The van der Waals surface area contributed by atoms with E-state index in [2.05, 4.69) is 16.0 Å². The van der Waals surface area contributed by atoms with Gasteiger partial charge in [0.1, 0.15) is 35.9 Å². The van der Waals surface area contributed by atoms with Gasteiger partial charge in [0.05, 0.1) is 12.1 Å². The van der Waals surface area contributed by atoms with Gasteiger partial charge in [0.25, 0.3) is 0 Å². The first kappa shape index (κ1) is 24.7. The van der Waals surface area contributed by atoms with E-state index in [1.54, 1.807) is 6.26 Å². The monoisotopic (exact) mass is 473 g/mol. The summed E-state index contributed by atoms with van der Waals surface area (Å²) in [6, 6.07) is 0.100. The SMILES string of the molecule is CSC1O[C@H]([C@H](NC(=O)[C@H]2NC[C@@H]3CC(NC4CC4)CCO[C@H]32)C(C)C)C(O)C(O)[C@H]1O. The number of nitrogens with one attached hydrogen (secondary N) is 3. The molecule has 10 heteroatoms. The lowest BCUT2D eigenvalue weighted by Gasteiger charge is -2.44. The van der Waals surface area contributed by atoms with Gasteiger partial charge in [-0.15, -0.1) is 11.8 Å². The van der Waals surface area contributed by atoms with Crippen molar-refractivity contribution < 1.29 is 29.6 Å². The van der Waals surface area contributed by atoms with E-state index < -0.39 is 41.9 Å². The summed E-state index contributed by atoms with van der Waals surface area (Å²) in [6.07, 6.45) is 1.41. The Morgan fingerprint density at radius 1 is 1.09 bits per heavy atom. The smallest absolute Gasteiger partial charge is 0.240 e. The summed E-state index contributed by atoms with van der Waals surface area (Å²) in [7, 11) is 0. The molecule has 0 aromatic carbocycles. The summed E-state index contributed by atoms with van der Waals surface area (Å²) in [5, 5.41) is 41.2. The molecule has 0 radical (unpaired) electrons. The van der Waals surface area contributed by atoms with Crippen molar-refractivity contribution in [3.05, 3.63) is 0 Å². The number of fused-ring (bicyclic) bond motifs is 1. The summed E-state index contributed by atoms with van der Waals surface area (Å²) in [5.74, 6) is 0.0428. The van der Waals surface area contributed by atoms with E-state index in [9.17, 15) is 20.1 Å². The van der Waals surface area contributed by atoms with Crippen molar-refractivity contribution in [2.45, 2.75) is 99.7 Å². The topological polar surface area (TPSA) is 132 Å². The molecule has 4 fully saturated rings. The Kier molecular flexibility index (Phi) is 8.04. The van der Waals surface area contributed by atoms with Crippen molar-refractivity contribution in [3.63, 3.8) is 0 Å². The lowest BCUT2D eigenvalue weighted by atomic mass is 9.88. The molecular weight excluding hydrogens is 434 g/mol. The maximum atomic E-state index is 13.3. The van der Waals surface area contributed by atoms with Crippen LogP contribution in [0.2, 0.25) is 0 Å². The summed E-state index contributed by atoms with van der Waals surface area (Å²) in [4.78, 5) is 13.3. The first-order chi connectivity index (χ1) is 15.3. The van der Waals surface area contributed by atoms with Crippen LogP contribution in [-0.2, 0) is 14.3 Å². The lowest BCUT2D eigenvalue weighted by molar-refractivity contribution is -0.208. The zero-order valence-electron chi connectivity index (χ0n) is 19.1. The molecule has 0 bridgehead atoms. The molecule has 6 N–H and O–H groups in total. The van der Waals surface area contributed by atoms with E-state index >= 15 is 0 Å². The molecule has 0 aromatic rings. The van der Waals surface area contributed by atoms with Gasteiger partial charge in [0, 0.05) is 31.2 Å². The molecule has 1 saturated carbocycles. The second-order valence-electron chi connectivity index (χ2n) is 10.1. The Hall–Kier alpha value is -0.460. The Balaban J connectivity index is 1.41. The summed E-state index contributed by atoms with van der Waals surface area (Å²) >= 11 is 1.27. The number of aliphatic hydroxyl groups excluding tert-OH is 3. The van der Waals surface area contributed by atoms with Gasteiger partial charge in [-0.3, -0.25) is 4.79 Å². The molecule has 4 unspecified atom stereocenters. The number of rotatable bonds is 7. The van der Waals surface area contributed by atoms with Crippen molar-refractivity contribution >= 4 is 17.7 Å². The van der Waals surface area contributed by atoms with Crippen molar-refractivity contribution in [2.24, 2.45) is 11.8 Å². The summed E-state index contributed by atoms with van der Waals surface area (Å²) in [6.45, 7) is 5.25. The van der Waals surface area contributed by atoms with Gasteiger partial charge in [-0.1, -0.05) is 13.8 Å². The summed E-state index contributed by atoms with van der Waals surface area (Å²) in [5.41, 5.74) is -0.674. The highest BCUT2D eigenvalue weighted by molar-refractivity contribution is 7.99. The molecule has 0 aromatic heterocycles. The Bertz CT molecular complexity index is 651. The molecule has 3 aliphatic heterocycles. The van der Waals surface area contributed by atoms with Crippen LogP contribution in [0.1, 0.15) is 39.5 Å². The van der Waals surface area contributed by atoms with Gasteiger partial charge in [-0.2, -0.15) is 0 Å². The zero-order chi connectivity index (χ0) is 23.0. The van der Waals surface area contributed by atoms with Gasteiger partial charge >= 0.3 is 0 Å². The van der Waals surface area contributed by atoms with Crippen molar-refractivity contribution in [2.75, 3.05) is 19.4 Å². The summed E-state index contributed by atoms with van der Waals surface area (Å²) < 4.78 is 12.1. The second kappa shape index (κ2) is 10.4. The number of hydrogen-bond donors (Lipinski definition) is 6. The Morgan fingerprint density at radius 2 is 1.84 bits per heavy atom. The molecule has 4 aliphatic rings. The number of amides is 1. The molecule has 184 valence electrons. The van der Waals surface area contributed by atoms with E-state index in [0.29, 0.717) is 18.7 Å². The van der Waals surface area contributed by atoms with Crippen LogP contribution in [0.4, 0.5) is 0 Å². The fraction of sp³-hybridized carbons (Fsp3) is 0.955. The number of aliphatic hydroxyl groups is 3. The van der Waals surface area contributed by atoms with Gasteiger partial charge in [-0.25, -0.2) is 0 Å². The number of carbonyl (C=O) groups excluding carboxylic acids is 1. The Morgan fingerprint density at radius 3 is 2.50 bits per heavy atom. The molecule has 4 rings (SSSR count). The first-order valence-electron chi connectivity index (χ1n) is 11.9. The van der Waals surface area contributed by atoms with Crippen LogP contribution >= 0.6 is 11.8 Å². The predicted molar refractivity (Wildman–Crippen MR) is 121 cm³/mol. The third kappa shape index (κ3) is 5.27. The zero-order valence-corrected chi connectivity index (χ0v) is 20.0. The average molecular weight is 474 g/mol. The highest BCUT2D eigenvalue weighted by Gasteiger charge is 2.49. The third-order valence-electron chi connectivity index (χ3n) is 7.31. The molecule has 3 heterocycles. The second-order valence-corrected chi connectivity index (χ2v) is 11.0. The number of hydrogen-bond acceptors (Lipinski definition) is 9. The quantitative estimate of drug-likeness (QED) is 0.281. The molecule has 1 aliphatic carbocycles. The highest BCUT2D eigenvalue weighted by Crippen LogP contribution is 2.32. The minimum absolute atomic E-state index is 0.0528. The number of ether oxygens (including phenoxy) is 2. The largest absolute Gasteiger partial charge is 0.388 e. The van der Waals surface area contributed by atoms with Crippen LogP contribution in [0, 0.1) is 11.8 Å². The van der Waals surface area contributed by atoms with E-state index in [1.807, 2.05) is 13.8 Å². The van der Waals surface area contributed by atoms with Gasteiger partial charge in [0.2, 0.25) is 5.91 Å². The van der Waals surface area contributed by atoms with E-state index in [4.69, 9.17) is 9.47 Å². The van der Waals surface area contributed by atoms with Crippen molar-refractivity contribution in [1.82, 2.24) is 16.0 Å². The van der Waals surface area contributed by atoms with Crippen LogP contribution < -0.4 is 16.0 Å². The minimum atomic E-state index is -1.33. The van der Waals surface area contributed by atoms with Crippen molar-refractivity contribution in [1.29, 1.82) is 0 Å². The normalized spacial score (nSPS) is 43.5. The maximum Gasteiger partial charge on any atom is 0.240 e. The third-order valence-corrected chi connectivity index (χ3v) is 8.16. The van der Waals surface area contributed by atoms with Crippen molar-refractivity contribution in [3.8, 4) is 0 Å².